The fourth-order valence-electron chi connectivity index (χ4n) is 5.41. The number of rotatable bonds is 9. The van der Waals surface area contributed by atoms with Crippen LogP contribution in [0.2, 0.25) is 5.02 Å². The fraction of sp³-hybridized carbons (Fsp3) is 0.640. The predicted molar refractivity (Wildman–Crippen MR) is 140 cm³/mol. The molecule has 2 aromatic heterocycles. The number of amides is 1. The highest BCUT2D eigenvalue weighted by Crippen LogP contribution is 2.38. The minimum absolute atomic E-state index is 0.0663. The molecule has 0 spiro atoms. The van der Waals surface area contributed by atoms with Crippen LogP contribution in [0.5, 0.6) is 5.75 Å². The number of carbonyl (C=O) groups is 1. The highest BCUT2D eigenvalue weighted by atomic mass is 35.5. The Labute approximate surface area is 226 Å². The number of aryl methyl sites for hydroxylation is 1. The van der Waals surface area contributed by atoms with E-state index in [0.717, 1.165) is 12.8 Å². The Bertz CT molecular complexity index is 1280. The Morgan fingerprint density at radius 2 is 2.00 bits per heavy atom. The molecular weight excluding hydrogens is 540 g/mol. The Hall–Kier alpha value is -2.31. The zero-order valence-electron chi connectivity index (χ0n) is 21.8. The molecule has 1 atom stereocenters. The molecule has 1 unspecified atom stereocenters. The quantitative estimate of drug-likeness (QED) is 0.474. The summed E-state index contributed by atoms with van der Waals surface area (Å²) in [6.07, 6.45) is 6.16. The molecule has 0 saturated heterocycles. The van der Waals surface area contributed by atoms with Gasteiger partial charge in [0, 0.05) is 38.4 Å². The van der Waals surface area contributed by atoms with Crippen LogP contribution in [0, 0.1) is 5.92 Å². The van der Waals surface area contributed by atoms with Gasteiger partial charge in [0.05, 0.1) is 34.7 Å². The van der Waals surface area contributed by atoms with E-state index < -0.39 is 27.7 Å². The number of methoxy groups -OCH3 is 1. The summed E-state index contributed by atoms with van der Waals surface area (Å²) >= 11 is 6.67. The molecule has 2 aromatic rings. The number of aromatic nitrogens is 3. The van der Waals surface area contributed by atoms with E-state index in [0.29, 0.717) is 61.6 Å². The summed E-state index contributed by atoms with van der Waals surface area (Å²) in [6.45, 7) is 2.68. The van der Waals surface area contributed by atoms with Crippen LogP contribution in [-0.2, 0) is 16.4 Å². The zero-order valence-corrected chi connectivity index (χ0v) is 23.4. The van der Waals surface area contributed by atoms with Crippen molar-refractivity contribution >= 4 is 33.2 Å². The number of quaternary nitrogens is 1. The predicted octanol–water partition coefficient (Wildman–Crippen LogP) is 3.34. The summed E-state index contributed by atoms with van der Waals surface area (Å²) in [5, 5.41) is 8.63. The van der Waals surface area contributed by atoms with Gasteiger partial charge in [0.15, 0.2) is 11.7 Å². The third kappa shape index (κ3) is 6.12. The van der Waals surface area contributed by atoms with E-state index in [1.165, 1.54) is 24.9 Å². The lowest BCUT2D eigenvalue weighted by atomic mass is 9.89. The summed E-state index contributed by atoms with van der Waals surface area (Å²) in [7, 11) is -1.58. The van der Waals surface area contributed by atoms with E-state index in [2.05, 4.69) is 15.4 Å². The summed E-state index contributed by atoms with van der Waals surface area (Å²) < 4.78 is 58.9. The molecule has 0 bridgehead atoms. The van der Waals surface area contributed by atoms with Crippen molar-refractivity contribution in [2.75, 3.05) is 19.9 Å². The van der Waals surface area contributed by atoms with Crippen LogP contribution in [0.25, 0.3) is 11.3 Å². The van der Waals surface area contributed by atoms with Crippen molar-refractivity contribution in [2.45, 2.75) is 75.6 Å². The van der Waals surface area contributed by atoms with Crippen LogP contribution < -0.4 is 15.4 Å². The highest BCUT2D eigenvalue weighted by Gasteiger charge is 2.47. The maximum atomic E-state index is 14.1. The minimum atomic E-state index is -3.05. The summed E-state index contributed by atoms with van der Waals surface area (Å²) in [5.41, 5.74) is 1.02. The zero-order chi connectivity index (χ0) is 27.7. The van der Waals surface area contributed by atoms with Crippen LogP contribution in [0.1, 0.15) is 62.4 Å². The average molecular weight is 575 g/mol. The van der Waals surface area contributed by atoms with E-state index in [-0.39, 0.29) is 28.3 Å². The van der Waals surface area contributed by atoms with Crippen LogP contribution >= 0.6 is 11.6 Å². The number of carbonyl (C=O) groups excluding carboxylic acids is 1. The monoisotopic (exact) mass is 574 g/mol. The number of sulfone groups is 1. The van der Waals surface area contributed by atoms with Crippen molar-refractivity contribution in [3.05, 3.63) is 23.0 Å². The first-order chi connectivity index (χ1) is 17.9. The molecule has 2 aliphatic carbocycles. The van der Waals surface area contributed by atoms with Gasteiger partial charge in [-0.3, -0.25) is 14.8 Å². The number of alkyl halides is 2. The molecule has 4 rings (SSSR count). The second-order valence-corrected chi connectivity index (χ2v) is 12.9. The topological polar surface area (TPSA) is 120 Å². The third-order valence-corrected chi connectivity index (χ3v) is 9.70. The van der Waals surface area contributed by atoms with Gasteiger partial charge in [0.25, 0.3) is 11.8 Å². The molecule has 9 nitrogen and oxygen atoms in total. The number of halogens is 3. The Balaban J connectivity index is 1.49. The van der Waals surface area contributed by atoms with Crippen molar-refractivity contribution in [1.82, 2.24) is 20.1 Å². The first kappa shape index (κ1) is 28.7. The Morgan fingerprint density at radius 1 is 1.29 bits per heavy atom. The summed E-state index contributed by atoms with van der Waals surface area (Å²) in [5.74, 6) is -2.21. The third-order valence-electron chi connectivity index (χ3n) is 7.66. The molecule has 210 valence electrons. The maximum Gasteiger partial charge on any atom is 0.298 e. The van der Waals surface area contributed by atoms with Gasteiger partial charge >= 0.3 is 0 Å². The van der Waals surface area contributed by atoms with Gasteiger partial charge in [-0.05, 0) is 44.9 Å². The first-order valence-electron chi connectivity index (χ1n) is 12.9. The van der Waals surface area contributed by atoms with Crippen LogP contribution in [0.15, 0.2) is 12.3 Å². The Kier molecular flexibility index (Phi) is 8.63. The molecule has 0 radical (unpaired) electrons. The lowest BCUT2D eigenvalue weighted by Crippen LogP contribution is -2.88. The maximum absolute atomic E-state index is 14.1. The smallest absolute Gasteiger partial charge is 0.298 e. The fourth-order valence-corrected chi connectivity index (χ4v) is 6.86. The van der Waals surface area contributed by atoms with Crippen molar-refractivity contribution in [3.63, 3.8) is 0 Å². The molecule has 2 fully saturated rings. The SMILES string of the molecule is CCn1nc(C(=O)NCC2CCC(S(C)(=O)=O)CC2)c(Cl)c1-c1cnc([NH2+]C2CCCC2(F)F)cc1OC. The minimum Gasteiger partial charge on any atom is -0.496 e. The van der Waals surface area contributed by atoms with E-state index in [1.807, 2.05) is 6.92 Å². The number of ether oxygens (including phenoxy) is 1. The number of pyridine rings is 1. The highest BCUT2D eigenvalue weighted by molar-refractivity contribution is 7.91. The van der Waals surface area contributed by atoms with Gasteiger partial charge in [-0.25, -0.2) is 13.4 Å². The van der Waals surface area contributed by atoms with Gasteiger partial charge in [-0.15, -0.1) is 0 Å². The van der Waals surface area contributed by atoms with Crippen molar-refractivity contribution in [2.24, 2.45) is 5.92 Å². The molecule has 2 heterocycles. The summed E-state index contributed by atoms with van der Waals surface area (Å²) in [6, 6.07) is 0.728. The molecule has 38 heavy (non-hydrogen) atoms. The van der Waals surface area contributed by atoms with E-state index in [1.54, 1.807) is 10.7 Å². The Morgan fingerprint density at radius 3 is 2.58 bits per heavy atom. The van der Waals surface area contributed by atoms with Gasteiger partial charge in [0.1, 0.15) is 15.6 Å². The largest absolute Gasteiger partial charge is 0.496 e. The van der Waals surface area contributed by atoms with E-state index in [4.69, 9.17) is 16.3 Å². The second kappa shape index (κ2) is 11.4. The molecule has 2 saturated carbocycles. The van der Waals surface area contributed by atoms with Crippen molar-refractivity contribution in [3.8, 4) is 17.0 Å². The van der Waals surface area contributed by atoms with E-state index in [9.17, 15) is 22.0 Å². The molecule has 3 N–H and O–H groups in total. The molecule has 2 aliphatic rings. The number of hydrogen-bond acceptors (Lipinski definition) is 6. The number of nitrogens with one attached hydrogen (secondary N) is 1. The average Bonchev–Trinajstić information content (AvgIpc) is 3.39. The van der Waals surface area contributed by atoms with Crippen LogP contribution in [0.4, 0.5) is 14.6 Å². The molecule has 13 heteroatoms. The number of hydrogen-bond donors (Lipinski definition) is 2. The second-order valence-electron chi connectivity index (χ2n) is 10.2. The molecule has 1 amide bonds. The summed E-state index contributed by atoms with van der Waals surface area (Å²) in [4.78, 5) is 17.4. The van der Waals surface area contributed by atoms with E-state index >= 15 is 0 Å². The van der Waals surface area contributed by atoms with Gasteiger partial charge in [-0.2, -0.15) is 13.9 Å². The van der Waals surface area contributed by atoms with Crippen molar-refractivity contribution < 1.29 is 32.0 Å². The lowest BCUT2D eigenvalue weighted by Gasteiger charge is -2.27. The normalized spacial score (nSPS) is 23.4. The van der Waals surface area contributed by atoms with Crippen LogP contribution in [-0.4, -0.2) is 66.2 Å². The standard InChI is InChI=1S/C25H34ClF2N5O4S/c1-4-33-23(17-14-29-20(12-18(17)37-2)31-19-6-5-11-25(19,27)28)21(26)22(32-33)24(34)30-13-15-7-9-16(10-8-15)38(3,35)36/h12,14-16,19H,4-11,13H2,1-3H3,(H,29,31)(H,30,34)/p+1. The molecule has 0 aliphatic heterocycles. The number of nitrogens with zero attached hydrogens (tertiary/aromatic N) is 3. The lowest BCUT2D eigenvalue weighted by molar-refractivity contribution is -0.632. The first-order valence-corrected chi connectivity index (χ1v) is 15.3. The van der Waals surface area contributed by atoms with Crippen LogP contribution in [0.3, 0.4) is 0 Å². The molecular formula is C25H35ClF2N5O4S+. The number of nitrogens with two attached hydrogens (primary N) is 1. The molecule has 0 aromatic carbocycles. The van der Waals surface area contributed by atoms with Gasteiger partial charge in [-0.1, -0.05) is 11.6 Å². The van der Waals surface area contributed by atoms with Gasteiger partial charge < -0.3 is 10.1 Å². The van der Waals surface area contributed by atoms with Crippen molar-refractivity contribution in [1.29, 1.82) is 0 Å². The van der Waals surface area contributed by atoms with Gasteiger partial charge in [0.2, 0.25) is 5.82 Å².